The van der Waals surface area contributed by atoms with E-state index in [1.165, 1.54) is 57.8 Å². The van der Waals surface area contributed by atoms with Crippen LogP contribution in [-0.2, 0) is 32.7 Å². The minimum atomic E-state index is -4.39. The summed E-state index contributed by atoms with van der Waals surface area (Å²) in [5.41, 5.74) is 0. The quantitative estimate of drug-likeness (QED) is 0.0170. The number of nitrogens with zero attached hydrogens (tertiary/aromatic N) is 1. The summed E-state index contributed by atoms with van der Waals surface area (Å²) in [5.74, 6) is -0.898. The maximum absolute atomic E-state index is 12.6. The van der Waals surface area contributed by atoms with Crippen LogP contribution >= 0.6 is 7.82 Å². The normalized spacial score (nSPS) is 14.3. The van der Waals surface area contributed by atoms with Crippen molar-refractivity contribution in [2.24, 2.45) is 0 Å². The Labute approximate surface area is 317 Å². The van der Waals surface area contributed by atoms with Crippen molar-refractivity contribution in [3.8, 4) is 0 Å². The molecule has 0 radical (unpaired) electrons. The van der Waals surface area contributed by atoms with E-state index in [2.05, 4.69) is 62.5 Å². The van der Waals surface area contributed by atoms with Crippen LogP contribution in [0.4, 0.5) is 0 Å². The summed E-state index contributed by atoms with van der Waals surface area (Å²) < 4.78 is 34.1. The van der Waals surface area contributed by atoms with E-state index >= 15 is 0 Å². The van der Waals surface area contributed by atoms with Crippen LogP contribution in [0.25, 0.3) is 0 Å². The molecule has 2 unspecified atom stereocenters. The number of phosphoric acid groups is 1. The highest BCUT2D eigenvalue weighted by molar-refractivity contribution is 7.47. The number of ether oxygens (including phenoxy) is 2. The Morgan fingerprint density at radius 1 is 0.635 bits per heavy atom. The van der Waals surface area contributed by atoms with Gasteiger partial charge in [0.1, 0.15) is 19.8 Å². The summed E-state index contributed by atoms with van der Waals surface area (Å²) in [5, 5.41) is 0. The molecular formula is C42H75NO8P+. The Bertz CT molecular complexity index is 1080. The number of unbranched alkanes of at least 4 members (excludes halogenated alkanes) is 13. The van der Waals surface area contributed by atoms with Gasteiger partial charge in [0.15, 0.2) is 6.10 Å². The standard InChI is InChI=1S/C42H74NO8P/c1-6-8-10-12-14-16-18-20-21-23-24-26-28-30-32-34-41(44)48-38-40(39-50-52(46,47)49-37-36-43(3,4)5)51-42(45)35-33-31-29-27-25-22-19-17-15-13-11-9-7-2/h8,10,12,14,16,18,22,25,29,31,40H,6-7,9,11,13,15,17,19-21,23-24,26-28,30,32-39H2,1-5H3/p+1/b10-8+,14-12+,18-16+,25-22+,31-29+. The molecule has 52 heavy (non-hydrogen) atoms. The Kier molecular flexibility index (Phi) is 33.0. The summed E-state index contributed by atoms with van der Waals surface area (Å²) in [6, 6.07) is 0. The van der Waals surface area contributed by atoms with Crippen molar-refractivity contribution in [1.82, 2.24) is 0 Å². The van der Waals surface area contributed by atoms with Crippen molar-refractivity contribution >= 4 is 19.8 Å². The molecule has 0 fully saturated rings. The minimum Gasteiger partial charge on any atom is -0.462 e. The Morgan fingerprint density at radius 3 is 1.85 bits per heavy atom. The summed E-state index contributed by atoms with van der Waals surface area (Å²) in [7, 11) is 1.43. The van der Waals surface area contributed by atoms with Crippen LogP contribution in [0, 0.1) is 0 Å². The van der Waals surface area contributed by atoms with Crippen LogP contribution < -0.4 is 0 Å². The number of allylic oxidation sites excluding steroid dienone is 10. The van der Waals surface area contributed by atoms with Gasteiger partial charge in [-0.05, 0) is 51.4 Å². The van der Waals surface area contributed by atoms with Gasteiger partial charge in [-0.25, -0.2) is 4.57 Å². The smallest absolute Gasteiger partial charge is 0.462 e. The first-order chi connectivity index (χ1) is 25.0. The molecule has 0 aliphatic heterocycles. The van der Waals surface area contributed by atoms with Crippen molar-refractivity contribution in [1.29, 1.82) is 0 Å². The second-order valence-electron chi connectivity index (χ2n) is 14.3. The Balaban J connectivity index is 4.51. The van der Waals surface area contributed by atoms with Gasteiger partial charge < -0.3 is 18.9 Å². The number of rotatable bonds is 35. The summed E-state index contributed by atoms with van der Waals surface area (Å²) in [4.78, 5) is 35.2. The molecule has 2 atom stereocenters. The molecule has 0 aliphatic carbocycles. The van der Waals surface area contributed by atoms with E-state index in [1.807, 2.05) is 33.3 Å². The van der Waals surface area contributed by atoms with Crippen molar-refractivity contribution in [3.63, 3.8) is 0 Å². The van der Waals surface area contributed by atoms with Crippen LogP contribution in [0.3, 0.4) is 0 Å². The zero-order chi connectivity index (χ0) is 38.6. The third-order valence-corrected chi connectivity index (χ3v) is 9.09. The van der Waals surface area contributed by atoms with Crippen molar-refractivity contribution < 1.29 is 42.1 Å². The SMILES string of the molecule is CC/C=C/C=C/C=C/CCCCCCCCCC(=O)OCC(COP(=O)(O)OCC[N+](C)(C)C)OC(=O)CC/C=C/C/C=C/CCCCCCCC. The highest BCUT2D eigenvalue weighted by Gasteiger charge is 2.27. The molecule has 0 bridgehead atoms. The second kappa shape index (κ2) is 34.5. The zero-order valence-electron chi connectivity index (χ0n) is 33.5. The highest BCUT2D eigenvalue weighted by Crippen LogP contribution is 2.43. The summed E-state index contributed by atoms with van der Waals surface area (Å²) >= 11 is 0. The Morgan fingerprint density at radius 2 is 1.21 bits per heavy atom. The third-order valence-electron chi connectivity index (χ3n) is 8.11. The predicted octanol–water partition coefficient (Wildman–Crippen LogP) is 10.9. The van der Waals surface area contributed by atoms with E-state index in [4.69, 9.17) is 18.5 Å². The van der Waals surface area contributed by atoms with Gasteiger partial charge in [0.25, 0.3) is 0 Å². The van der Waals surface area contributed by atoms with E-state index in [-0.39, 0.29) is 26.1 Å². The van der Waals surface area contributed by atoms with Gasteiger partial charge in [0, 0.05) is 12.8 Å². The zero-order valence-corrected chi connectivity index (χ0v) is 34.4. The lowest BCUT2D eigenvalue weighted by atomic mass is 10.1. The average molecular weight is 753 g/mol. The van der Waals surface area contributed by atoms with E-state index in [0.29, 0.717) is 23.9 Å². The molecule has 0 rings (SSSR count). The number of likely N-dealkylation sites (N-methyl/N-ethyl adjacent to an activating group) is 1. The molecule has 0 aromatic rings. The molecule has 10 heteroatoms. The number of carbonyl (C=O) groups excluding carboxylic acids is 2. The van der Waals surface area contributed by atoms with Crippen molar-refractivity contribution in [2.45, 2.75) is 148 Å². The molecule has 0 spiro atoms. The van der Waals surface area contributed by atoms with E-state index < -0.39 is 32.5 Å². The molecule has 9 nitrogen and oxygen atoms in total. The van der Waals surface area contributed by atoms with Crippen molar-refractivity contribution in [3.05, 3.63) is 60.8 Å². The maximum Gasteiger partial charge on any atom is 0.472 e. The van der Waals surface area contributed by atoms with E-state index in [9.17, 15) is 19.0 Å². The lowest BCUT2D eigenvalue weighted by Crippen LogP contribution is -2.37. The lowest BCUT2D eigenvalue weighted by molar-refractivity contribution is -0.870. The van der Waals surface area contributed by atoms with Gasteiger partial charge in [-0.15, -0.1) is 0 Å². The number of phosphoric ester groups is 1. The van der Waals surface area contributed by atoms with Gasteiger partial charge in [-0.2, -0.15) is 0 Å². The number of esters is 2. The molecular weight excluding hydrogens is 677 g/mol. The Hall–Kier alpha value is -2.29. The molecule has 0 amide bonds. The average Bonchev–Trinajstić information content (AvgIpc) is 3.09. The van der Waals surface area contributed by atoms with Gasteiger partial charge in [-0.3, -0.25) is 18.6 Å². The fourth-order valence-electron chi connectivity index (χ4n) is 4.95. The first-order valence-electron chi connectivity index (χ1n) is 20.0. The van der Waals surface area contributed by atoms with Gasteiger partial charge in [0.05, 0.1) is 27.7 Å². The second-order valence-corrected chi connectivity index (χ2v) is 15.8. The predicted molar refractivity (Wildman–Crippen MR) is 215 cm³/mol. The third kappa shape index (κ3) is 37.5. The van der Waals surface area contributed by atoms with Crippen LogP contribution in [0.2, 0.25) is 0 Å². The fourth-order valence-corrected chi connectivity index (χ4v) is 5.69. The molecule has 0 heterocycles. The van der Waals surface area contributed by atoms with E-state index in [0.717, 1.165) is 44.9 Å². The van der Waals surface area contributed by atoms with Crippen molar-refractivity contribution in [2.75, 3.05) is 47.5 Å². The summed E-state index contributed by atoms with van der Waals surface area (Å²) in [6.45, 7) is 4.18. The number of carbonyl (C=O) groups is 2. The monoisotopic (exact) mass is 753 g/mol. The van der Waals surface area contributed by atoms with Crippen LogP contribution in [0.1, 0.15) is 142 Å². The van der Waals surface area contributed by atoms with Crippen LogP contribution in [0.5, 0.6) is 0 Å². The first-order valence-corrected chi connectivity index (χ1v) is 21.5. The highest BCUT2D eigenvalue weighted by atomic mass is 31.2. The molecule has 0 saturated carbocycles. The van der Waals surface area contributed by atoms with Gasteiger partial charge in [0.2, 0.25) is 0 Å². The minimum absolute atomic E-state index is 0.0177. The topological polar surface area (TPSA) is 108 Å². The first kappa shape index (κ1) is 49.7. The van der Waals surface area contributed by atoms with E-state index in [1.54, 1.807) is 0 Å². The molecule has 300 valence electrons. The number of hydrogen-bond donors (Lipinski definition) is 1. The number of quaternary nitrogens is 1. The van der Waals surface area contributed by atoms with Crippen LogP contribution in [0.15, 0.2) is 60.8 Å². The van der Waals surface area contributed by atoms with Crippen LogP contribution in [-0.4, -0.2) is 74.9 Å². The molecule has 0 aromatic carbocycles. The van der Waals surface area contributed by atoms with Gasteiger partial charge in [-0.1, -0.05) is 139 Å². The molecule has 0 saturated heterocycles. The van der Waals surface area contributed by atoms with Gasteiger partial charge >= 0.3 is 19.8 Å². The largest absolute Gasteiger partial charge is 0.472 e. The maximum atomic E-state index is 12.6. The fraction of sp³-hybridized carbons (Fsp3) is 0.714. The molecule has 0 aromatic heterocycles. The summed E-state index contributed by atoms with van der Waals surface area (Å²) in [6.07, 6.45) is 40.0. The molecule has 0 aliphatic rings. The lowest BCUT2D eigenvalue weighted by Gasteiger charge is -2.24. The molecule has 1 N–H and O–H groups in total. The number of hydrogen-bond acceptors (Lipinski definition) is 7.